The van der Waals surface area contributed by atoms with Crippen LogP contribution in [0, 0.1) is 0 Å². The van der Waals surface area contributed by atoms with Gasteiger partial charge in [0.05, 0.1) is 20.4 Å². The van der Waals surface area contributed by atoms with E-state index in [-0.39, 0.29) is 11.9 Å². The summed E-state index contributed by atoms with van der Waals surface area (Å²) < 4.78 is 10.5. The molecule has 1 aromatic carbocycles. The number of nitrogens with zero attached hydrogens (tertiary/aromatic N) is 2. The molecule has 2 aliphatic rings. The minimum absolute atomic E-state index is 0.00553. The number of amides is 1. The lowest BCUT2D eigenvalue weighted by Crippen LogP contribution is -2.58. The van der Waals surface area contributed by atoms with Gasteiger partial charge in [-0.05, 0) is 17.7 Å². The van der Waals surface area contributed by atoms with Crippen molar-refractivity contribution in [1.82, 2.24) is 10.2 Å². The Balaban J connectivity index is 1.81. The smallest absolute Gasteiger partial charge is 0.281 e. The van der Waals surface area contributed by atoms with E-state index >= 15 is 0 Å². The number of carbonyl (C=O) groups excluding carboxylic acids is 1. The van der Waals surface area contributed by atoms with E-state index in [2.05, 4.69) is 10.3 Å². The van der Waals surface area contributed by atoms with Crippen LogP contribution in [0.1, 0.15) is 5.56 Å². The van der Waals surface area contributed by atoms with Crippen LogP contribution >= 0.6 is 0 Å². The van der Waals surface area contributed by atoms with Crippen molar-refractivity contribution in [2.24, 2.45) is 4.99 Å². The first-order chi connectivity index (χ1) is 10.2. The van der Waals surface area contributed by atoms with Gasteiger partial charge >= 0.3 is 0 Å². The number of ether oxygens (including phenoxy) is 2. The molecule has 1 fully saturated rings. The minimum Gasteiger partial charge on any atom is -0.493 e. The number of rotatable bonds is 4. The third-order valence-electron chi connectivity index (χ3n) is 3.60. The lowest BCUT2D eigenvalue weighted by molar-refractivity contribution is -0.121. The molecule has 3 rings (SSSR count). The fraction of sp³-hybridized carbons (Fsp3) is 0.333. The maximum Gasteiger partial charge on any atom is 0.281 e. The highest BCUT2D eigenvalue weighted by molar-refractivity contribution is 6.01. The number of methoxy groups -OCH3 is 2. The summed E-state index contributed by atoms with van der Waals surface area (Å²) in [6, 6.07) is 5.63. The van der Waals surface area contributed by atoms with Crippen molar-refractivity contribution in [3.05, 3.63) is 36.2 Å². The van der Waals surface area contributed by atoms with Crippen molar-refractivity contribution in [3.63, 3.8) is 0 Å². The molecule has 0 aromatic heterocycles. The normalized spacial score (nSPS) is 20.8. The van der Waals surface area contributed by atoms with Gasteiger partial charge in [0.2, 0.25) is 6.54 Å². The first-order valence-electron chi connectivity index (χ1n) is 6.72. The predicted molar refractivity (Wildman–Crippen MR) is 78.8 cm³/mol. The van der Waals surface area contributed by atoms with Crippen LogP contribution in [-0.4, -0.2) is 38.5 Å². The highest BCUT2D eigenvalue weighted by atomic mass is 16.5. The van der Waals surface area contributed by atoms with Crippen molar-refractivity contribution >= 4 is 11.7 Å². The lowest BCUT2D eigenvalue weighted by Gasteiger charge is -2.22. The van der Waals surface area contributed by atoms with Gasteiger partial charge < -0.3 is 14.8 Å². The molecular formula is C15H17N3O3+. The van der Waals surface area contributed by atoms with Crippen LogP contribution < -0.4 is 19.7 Å². The first-order valence-corrected chi connectivity index (χ1v) is 6.72. The molecule has 1 amide bonds. The van der Waals surface area contributed by atoms with Gasteiger partial charge in [0.15, 0.2) is 17.7 Å². The summed E-state index contributed by atoms with van der Waals surface area (Å²) in [5, 5.41) is 2.98. The van der Waals surface area contributed by atoms with Gasteiger partial charge in [-0.3, -0.25) is 4.79 Å². The minimum atomic E-state index is -0.126. The lowest BCUT2D eigenvalue weighted by atomic mass is 10.0. The highest BCUT2D eigenvalue weighted by Gasteiger charge is 2.40. The molecule has 1 N–H and O–H groups in total. The Kier molecular flexibility index (Phi) is 3.62. The molecule has 1 atom stereocenters. The molecule has 2 aliphatic heterocycles. The molecule has 1 unspecified atom stereocenters. The van der Waals surface area contributed by atoms with E-state index in [9.17, 15) is 4.79 Å². The van der Waals surface area contributed by atoms with Crippen molar-refractivity contribution in [3.8, 4) is 11.5 Å². The number of benzene rings is 1. The zero-order valence-corrected chi connectivity index (χ0v) is 12.0. The summed E-state index contributed by atoms with van der Waals surface area (Å²) in [5.41, 5.74) is 1.05. The van der Waals surface area contributed by atoms with Crippen LogP contribution in [0.5, 0.6) is 11.5 Å². The van der Waals surface area contributed by atoms with Crippen LogP contribution in [0.2, 0.25) is 0 Å². The second kappa shape index (κ2) is 5.57. The molecule has 0 saturated carbocycles. The number of fused-ring (bicyclic) bond motifs is 1. The highest BCUT2D eigenvalue weighted by Crippen LogP contribution is 2.28. The monoisotopic (exact) mass is 287 g/mol. The fourth-order valence-corrected chi connectivity index (χ4v) is 2.61. The van der Waals surface area contributed by atoms with Crippen molar-refractivity contribution in [2.75, 3.05) is 20.8 Å². The number of hydrogen-bond donors (Lipinski definition) is 1. The molecule has 2 heterocycles. The molecule has 6 nitrogen and oxygen atoms in total. The van der Waals surface area contributed by atoms with E-state index in [0.717, 1.165) is 11.4 Å². The second-order valence-electron chi connectivity index (χ2n) is 4.93. The van der Waals surface area contributed by atoms with Crippen molar-refractivity contribution in [1.29, 1.82) is 0 Å². The zero-order chi connectivity index (χ0) is 14.8. The topological polar surface area (TPSA) is 65.8 Å². The Bertz CT molecular complexity index is 625. The maximum absolute atomic E-state index is 11.7. The Labute approximate surface area is 123 Å². The summed E-state index contributed by atoms with van der Waals surface area (Å²) in [6.07, 6.45) is 4.20. The van der Waals surface area contributed by atoms with Crippen LogP contribution in [0.15, 0.2) is 35.6 Å². The summed E-state index contributed by atoms with van der Waals surface area (Å²) in [6.45, 7) is 0.331. The van der Waals surface area contributed by atoms with Gasteiger partial charge in [-0.2, -0.15) is 4.99 Å². The van der Waals surface area contributed by atoms with Gasteiger partial charge in [0.1, 0.15) is 6.04 Å². The van der Waals surface area contributed by atoms with Gasteiger partial charge in [0, 0.05) is 6.42 Å². The standard InChI is InChI=1S/C15H17N3O3/c1-20-12-4-3-10(8-13(12)21-2)7-11-15-16-5-6-18(15)9-14(19)17-11/h3-6,8,11H,7,9H2,1-2H3,(H,17,19)/q+1. The molecule has 1 saturated heterocycles. The number of piperazine rings is 1. The van der Waals surface area contributed by atoms with Gasteiger partial charge in [-0.15, -0.1) is 0 Å². The van der Waals surface area contributed by atoms with Gasteiger partial charge in [-0.25, -0.2) is 0 Å². The Morgan fingerprint density at radius 2 is 2.14 bits per heavy atom. The Morgan fingerprint density at radius 1 is 1.33 bits per heavy atom. The molecular weight excluding hydrogens is 270 g/mol. The van der Waals surface area contributed by atoms with E-state index in [1.165, 1.54) is 0 Å². The van der Waals surface area contributed by atoms with Crippen LogP contribution in [-0.2, 0) is 11.2 Å². The molecule has 0 aliphatic carbocycles. The van der Waals surface area contributed by atoms with E-state index in [1.807, 2.05) is 29.3 Å². The SMILES string of the molecule is COc1ccc(CC2NC(=O)C[N+]3C=CN=C23)cc1OC. The molecule has 6 heteroatoms. The molecule has 0 bridgehead atoms. The molecule has 21 heavy (non-hydrogen) atoms. The average molecular weight is 287 g/mol. The zero-order valence-electron chi connectivity index (χ0n) is 12.0. The number of amidine groups is 1. The van der Waals surface area contributed by atoms with Gasteiger partial charge in [-0.1, -0.05) is 11.0 Å². The van der Waals surface area contributed by atoms with E-state index in [1.54, 1.807) is 20.4 Å². The molecule has 0 spiro atoms. The molecule has 109 valence electrons. The van der Waals surface area contributed by atoms with E-state index in [4.69, 9.17) is 9.47 Å². The number of hydrogen-bond acceptors (Lipinski definition) is 5. The van der Waals surface area contributed by atoms with Crippen LogP contribution in [0.25, 0.3) is 0 Å². The summed E-state index contributed by atoms with van der Waals surface area (Å²) in [5.74, 6) is 2.26. The first kappa shape index (κ1) is 13.6. The third-order valence-corrected chi connectivity index (χ3v) is 3.60. The Morgan fingerprint density at radius 3 is 2.90 bits per heavy atom. The quantitative estimate of drug-likeness (QED) is 0.832. The maximum atomic E-state index is 11.7. The van der Waals surface area contributed by atoms with Crippen molar-refractivity contribution in [2.45, 2.75) is 12.5 Å². The second-order valence-corrected chi connectivity index (χ2v) is 4.93. The predicted octanol–water partition coefficient (Wildman–Crippen LogP) is 0.768. The summed E-state index contributed by atoms with van der Waals surface area (Å²) in [7, 11) is 3.21. The molecule has 1 radical (unpaired) electrons. The third kappa shape index (κ3) is 2.62. The Hall–Kier alpha value is -2.34. The number of aliphatic imine (C=N–C) groups is 1. The molecule has 1 aromatic rings. The van der Waals surface area contributed by atoms with E-state index in [0.29, 0.717) is 24.5 Å². The van der Waals surface area contributed by atoms with Crippen molar-refractivity contribution < 1.29 is 14.3 Å². The number of nitrogens with one attached hydrogen (secondary N) is 1. The average Bonchev–Trinajstić information content (AvgIpc) is 2.95. The fourth-order valence-electron chi connectivity index (χ4n) is 2.61. The largest absolute Gasteiger partial charge is 0.493 e. The summed E-state index contributed by atoms with van der Waals surface area (Å²) in [4.78, 5) is 18.0. The van der Waals surface area contributed by atoms with Gasteiger partial charge in [0.25, 0.3) is 11.7 Å². The summed E-state index contributed by atoms with van der Waals surface area (Å²) >= 11 is 0. The van der Waals surface area contributed by atoms with Crippen LogP contribution in [0.4, 0.5) is 0 Å². The van der Waals surface area contributed by atoms with Crippen LogP contribution in [0.3, 0.4) is 0 Å². The van der Waals surface area contributed by atoms with E-state index < -0.39 is 0 Å². The number of carbonyl (C=O) groups is 1.